The lowest BCUT2D eigenvalue weighted by molar-refractivity contribution is 0.283. The Morgan fingerprint density at radius 3 is 2.91 bits per heavy atom. The van der Waals surface area contributed by atoms with Gasteiger partial charge in [-0.3, -0.25) is 4.90 Å². The minimum absolute atomic E-state index is 0.641. The van der Waals surface area contributed by atoms with Crippen LogP contribution < -0.4 is 10.6 Å². The monoisotopic (exact) mass is 301 g/mol. The Hall–Kier alpha value is -0.900. The van der Waals surface area contributed by atoms with Crippen molar-refractivity contribution >= 4 is 0 Å². The second kappa shape index (κ2) is 8.09. The van der Waals surface area contributed by atoms with Crippen LogP contribution in [0.15, 0.2) is 30.3 Å². The largest absolute Gasteiger partial charge is 0.316 e. The highest BCUT2D eigenvalue weighted by Gasteiger charge is 2.27. The average Bonchev–Trinajstić information content (AvgIpc) is 3.03. The lowest BCUT2D eigenvalue weighted by Gasteiger charge is -2.27. The molecule has 2 N–H and O–H groups in total. The van der Waals surface area contributed by atoms with Gasteiger partial charge in [-0.2, -0.15) is 0 Å². The summed E-state index contributed by atoms with van der Waals surface area (Å²) in [6, 6.07) is 11.5. The van der Waals surface area contributed by atoms with E-state index in [1.807, 2.05) is 0 Å². The number of nitrogens with zero attached hydrogens (tertiary/aromatic N) is 1. The molecule has 3 nitrogen and oxygen atoms in total. The van der Waals surface area contributed by atoms with Crippen LogP contribution in [-0.4, -0.2) is 43.7 Å². The first-order valence-electron chi connectivity index (χ1n) is 9.01. The maximum Gasteiger partial charge on any atom is 0.0233 e. The lowest BCUT2D eigenvalue weighted by Crippen LogP contribution is -2.42. The third-order valence-electron chi connectivity index (χ3n) is 5.39. The second-order valence-electron chi connectivity index (χ2n) is 7.18. The van der Waals surface area contributed by atoms with Crippen molar-refractivity contribution in [2.24, 2.45) is 11.8 Å². The first-order valence-corrected chi connectivity index (χ1v) is 9.01. The summed E-state index contributed by atoms with van der Waals surface area (Å²) in [4.78, 5) is 2.61. The van der Waals surface area contributed by atoms with Gasteiger partial charge in [0.25, 0.3) is 0 Å². The Balaban J connectivity index is 1.39. The zero-order chi connectivity index (χ0) is 15.2. The molecule has 2 saturated heterocycles. The standard InChI is InChI=1S/C19H31N3/c1-16(21-13-18-8-5-10-20-12-18)19-9-11-22(15-19)14-17-6-3-2-4-7-17/h2-4,6-7,16,18-21H,5,8-15H2,1H3. The van der Waals surface area contributed by atoms with E-state index in [0.717, 1.165) is 18.4 Å². The minimum Gasteiger partial charge on any atom is -0.316 e. The van der Waals surface area contributed by atoms with Crippen LogP contribution in [0.1, 0.15) is 31.7 Å². The zero-order valence-corrected chi connectivity index (χ0v) is 13.9. The Kier molecular flexibility index (Phi) is 5.88. The van der Waals surface area contributed by atoms with Crippen LogP contribution in [0.3, 0.4) is 0 Å². The molecule has 3 atom stereocenters. The summed E-state index contributed by atoms with van der Waals surface area (Å²) < 4.78 is 0. The van der Waals surface area contributed by atoms with Gasteiger partial charge < -0.3 is 10.6 Å². The molecule has 0 aliphatic carbocycles. The van der Waals surface area contributed by atoms with Crippen LogP contribution in [-0.2, 0) is 6.54 Å². The highest BCUT2D eigenvalue weighted by molar-refractivity contribution is 5.14. The van der Waals surface area contributed by atoms with E-state index in [-0.39, 0.29) is 0 Å². The molecular formula is C19H31N3. The van der Waals surface area contributed by atoms with E-state index in [9.17, 15) is 0 Å². The molecule has 3 rings (SSSR count). The number of benzene rings is 1. The molecule has 3 heteroatoms. The molecule has 2 heterocycles. The molecule has 2 aliphatic heterocycles. The summed E-state index contributed by atoms with van der Waals surface area (Å²) in [5.74, 6) is 1.64. The quantitative estimate of drug-likeness (QED) is 0.845. The maximum atomic E-state index is 3.81. The van der Waals surface area contributed by atoms with Gasteiger partial charge in [0.15, 0.2) is 0 Å². The number of piperidine rings is 1. The fourth-order valence-corrected chi connectivity index (χ4v) is 3.87. The molecule has 0 saturated carbocycles. The van der Waals surface area contributed by atoms with Crippen LogP contribution in [0, 0.1) is 11.8 Å². The molecular weight excluding hydrogens is 270 g/mol. The lowest BCUT2D eigenvalue weighted by atomic mass is 9.97. The van der Waals surface area contributed by atoms with Gasteiger partial charge in [-0.05, 0) is 69.8 Å². The molecule has 0 bridgehead atoms. The number of hydrogen-bond donors (Lipinski definition) is 2. The van der Waals surface area contributed by atoms with E-state index in [1.165, 1.54) is 57.5 Å². The van der Waals surface area contributed by atoms with Crippen LogP contribution in [0.25, 0.3) is 0 Å². The second-order valence-corrected chi connectivity index (χ2v) is 7.18. The predicted molar refractivity (Wildman–Crippen MR) is 92.9 cm³/mol. The predicted octanol–water partition coefficient (Wildman–Crippen LogP) is 2.49. The third-order valence-corrected chi connectivity index (χ3v) is 5.39. The first kappa shape index (κ1) is 16.0. The highest BCUT2D eigenvalue weighted by atomic mass is 15.2. The number of rotatable bonds is 6. The van der Waals surface area contributed by atoms with Crippen LogP contribution in [0.4, 0.5) is 0 Å². The Morgan fingerprint density at radius 2 is 2.14 bits per heavy atom. The van der Waals surface area contributed by atoms with Gasteiger partial charge in [-0.25, -0.2) is 0 Å². The van der Waals surface area contributed by atoms with E-state index in [4.69, 9.17) is 0 Å². The van der Waals surface area contributed by atoms with Gasteiger partial charge in [0, 0.05) is 19.1 Å². The van der Waals surface area contributed by atoms with Crippen molar-refractivity contribution in [3.8, 4) is 0 Å². The van der Waals surface area contributed by atoms with Crippen molar-refractivity contribution in [3.63, 3.8) is 0 Å². The molecule has 0 amide bonds. The summed E-state index contributed by atoms with van der Waals surface area (Å²) in [5, 5.41) is 7.33. The molecule has 0 radical (unpaired) electrons. The SMILES string of the molecule is CC(NCC1CCCNC1)C1CCN(Cc2ccccc2)C1. The van der Waals surface area contributed by atoms with E-state index in [1.54, 1.807) is 0 Å². The van der Waals surface area contributed by atoms with E-state index in [2.05, 4.69) is 52.8 Å². The van der Waals surface area contributed by atoms with Gasteiger partial charge in [-0.1, -0.05) is 30.3 Å². The van der Waals surface area contributed by atoms with Gasteiger partial charge in [0.05, 0.1) is 0 Å². The highest BCUT2D eigenvalue weighted by Crippen LogP contribution is 2.22. The van der Waals surface area contributed by atoms with Crippen molar-refractivity contribution in [2.75, 3.05) is 32.7 Å². The topological polar surface area (TPSA) is 27.3 Å². The average molecular weight is 301 g/mol. The van der Waals surface area contributed by atoms with Crippen molar-refractivity contribution in [3.05, 3.63) is 35.9 Å². The number of hydrogen-bond acceptors (Lipinski definition) is 3. The van der Waals surface area contributed by atoms with Gasteiger partial charge >= 0.3 is 0 Å². The normalized spacial score (nSPS) is 27.9. The van der Waals surface area contributed by atoms with Crippen LogP contribution in [0.5, 0.6) is 0 Å². The fourth-order valence-electron chi connectivity index (χ4n) is 3.87. The van der Waals surface area contributed by atoms with Crippen molar-refractivity contribution in [1.82, 2.24) is 15.5 Å². The van der Waals surface area contributed by atoms with Gasteiger partial charge in [0.2, 0.25) is 0 Å². The van der Waals surface area contributed by atoms with E-state index >= 15 is 0 Å². The Labute approximate surface area is 135 Å². The molecule has 2 fully saturated rings. The smallest absolute Gasteiger partial charge is 0.0233 e. The summed E-state index contributed by atoms with van der Waals surface area (Å²) in [7, 11) is 0. The van der Waals surface area contributed by atoms with Crippen LogP contribution >= 0.6 is 0 Å². The summed E-state index contributed by atoms with van der Waals surface area (Å²) in [6.45, 7) is 9.57. The van der Waals surface area contributed by atoms with Crippen LogP contribution in [0.2, 0.25) is 0 Å². The van der Waals surface area contributed by atoms with Crippen molar-refractivity contribution in [1.29, 1.82) is 0 Å². The zero-order valence-electron chi connectivity index (χ0n) is 13.9. The Bertz CT molecular complexity index is 428. The fraction of sp³-hybridized carbons (Fsp3) is 0.684. The first-order chi connectivity index (χ1) is 10.8. The summed E-state index contributed by atoms with van der Waals surface area (Å²) in [6.07, 6.45) is 4.07. The molecule has 1 aromatic carbocycles. The Morgan fingerprint density at radius 1 is 1.27 bits per heavy atom. The van der Waals surface area contributed by atoms with Crippen molar-refractivity contribution in [2.45, 2.75) is 38.8 Å². The number of likely N-dealkylation sites (tertiary alicyclic amines) is 1. The molecule has 0 spiro atoms. The molecule has 2 aliphatic rings. The summed E-state index contributed by atoms with van der Waals surface area (Å²) >= 11 is 0. The van der Waals surface area contributed by atoms with E-state index < -0.39 is 0 Å². The maximum absolute atomic E-state index is 3.81. The van der Waals surface area contributed by atoms with Crippen molar-refractivity contribution < 1.29 is 0 Å². The molecule has 0 aromatic heterocycles. The molecule has 3 unspecified atom stereocenters. The molecule has 122 valence electrons. The van der Waals surface area contributed by atoms with E-state index in [0.29, 0.717) is 6.04 Å². The minimum atomic E-state index is 0.641. The van der Waals surface area contributed by atoms with Gasteiger partial charge in [0.1, 0.15) is 0 Å². The summed E-state index contributed by atoms with van der Waals surface area (Å²) in [5.41, 5.74) is 1.44. The molecule has 22 heavy (non-hydrogen) atoms. The number of nitrogens with one attached hydrogen (secondary N) is 2. The van der Waals surface area contributed by atoms with Gasteiger partial charge in [-0.15, -0.1) is 0 Å². The molecule has 1 aromatic rings. The third kappa shape index (κ3) is 4.55.